The zero-order valence-corrected chi connectivity index (χ0v) is 12.1. The number of methoxy groups -OCH3 is 2. The Hall–Kier alpha value is -1.14. The SMILES string of the molecule is COC(=O)CCN1CCN(CC(C)C(=O)OC)CC1. The maximum Gasteiger partial charge on any atom is 0.309 e. The zero-order valence-electron chi connectivity index (χ0n) is 12.1. The van der Waals surface area contributed by atoms with Gasteiger partial charge in [0.05, 0.1) is 26.6 Å². The van der Waals surface area contributed by atoms with Gasteiger partial charge in [0.15, 0.2) is 0 Å². The molecule has 1 atom stereocenters. The summed E-state index contributed by atoms with van der Waals surface area (Å²) in [5, 5.41) is 0. The number of hydrogen-bond donors (Lipinski definition) is 0. The Labute approximate surface area is 114 Å². The Morgan fingerprint density at radius 1 is 1.05 bits per heavy atom. The van der Waals surface area contributed by atoms with Gasteiger partial charge in [0.1, 0.15) is 0 Å². The Balaban J connectivity index is 2.21. The molecule has 1 heterocycles. The summed E-state index contributed by atoms with van der Waals surface area (Å²) in [6.45, 7) is 7.04. The highest BCUT2D eigenvalue weighted by atomic mass is 16.5. The molecule has 0 bridgehead atoms. The van der Waals surface area contributed by atoms with Crippen LogP contribution in [0.5, 0.6) is 0 Å². The molecule has 1 aliphatic heterocycles. The van der Waals surface area contributed by atoms with Crippen LogP contribution in [0.1, 0.15) is 13.3 Å². The Morgan fingerprint density at radius 2 is 1.63 bits per heavy atom. The molecule has 0 N–H and O–H groups in total. The van der Waals surface area contributed by atoms with Gasteiger partial charge in [-0.05, 0) is 0 Å². The average molecular weight is 272 g/mol. The van der Waals surface area contributed by atoms with Crippen molar-refractivity contribution in [1.82, 2.24) is 9.80 Å². The summed E-state index contributed by atoms with van der Waals surface area (Å²) in [5.74, 6) is -0.415. The van der Waals surface area contributed by atoms with Crippen LogP contribution in [0.4, 0.5) is 0 Å². The minimum absolute atomic E-state index is 0.0911. The largest absolute Gasteiger partial charge is 0.469 e. The van der Waals surface area contributed by atoms with Gasteiger partial charge in [0.25, 0.3) is 0 Å². The molecular formula is C13H24N2O4. The van der Waals surface area contributed by atoms with Gasteiger partial charge >= 0.3 is 11.9 Å². The molecule has 0 amide bonds. The van der Waals surface area contributed by atoms with Crippen LogP contribution >= 0.6 is 0 Å². The second kappa shape index (κ2) is 8.12. The van der Waals surface area contributed by atoms with Crippen molar-refractivity contribution < 1.29 is 19.1 Å². The number of carbonyl (C=O) groups excluding carboxylic acids is 2. The molecule has 110 valence electrons. The molecule has 0 aromatic heterocycles. The van der Waals surface area contributed by atoms with E-state index >= 15 is 0 Å². The predicted octanol–water partition coefficient (Wildman–Crippen LogP) is -0.0238. The second-order valence-electron chi connectivity index (χ2n) is 4.89. The monoisotopic (exact) mass is 272 g/mol. The van der Waals surface area contributed by atoms with Crippen molar-refractivity contribution >= 4 is 11.9 Å². The molecular weight excluding hydrogens is 248 g/mol. The topological polar surface area (TPSA) is 59.1 Å². The normalized spacial score (nSPS) is 18.9. The third kappa shape index (κ3) is 5.57. The van der Waals surface area contributed by atoms with Gasteiger partial charge in [-0.1, -0.05) is 6.92 Å². The van der Waals surface area contributed by atoms with E-state index in [9.17, 15) is 9.59 Å². The number of nitrogens with zero attached hydrogens (tertiary/aromatic N) is 2. The summed E-state index contributed by atoms with van der Waals surface area (Å²) in [6.07, 6.45) is 0.440. The van der Waals surface area contributed by atoms with Crippen molar-refractivity contribution in [1.29, 1.82) is 0 Å². The van der Waals surface area contributed by atoms with E-state index in [1.54, 1.807) is 0 Å². The van der Waals surface area contributed by atoms with Crippen LogP contribution < -0.4 is 0 Å². The molecule has 19 heavy (non-hydrogen) atoms. The van der Waals surface area contributed by atoms with Crippen molar-refractivity contribution in [2.75, 3.05) is 53.5 Å². The first kappa shape index (κ1) is 15.9. The molecule has 0 aliphatic carbocycles. The van der Waals surface area contributed by atoms with Gasteiger partial charge in [-0.2, -0.15) is 0 Å². The Bertz CT molecular complexity index is 301. The first-order valence-corrected chi connectivity index (χ1v) is 6.66. The lowest BCUT2D eigenvalue weighted by Crippen LogP contribution is -2.48. The minimum atomic E-state index is -0.165. The van der Waals surface area contributed by atoms with Crippen LogP contribution in [0.2, 0.25) is 0 Å². The molecule has 1 rings (SSSR count). The standard InChI is InChI=1S/C13H24N2O4/c1-11(13(17)19-3)10-15-8-6-14(7-9-15)5-4-12(16)18-2/h11H,4-10H2,1-3H3. The summed E-state index contributed by atoms with van der Waals surface area (Å²) >= 11 is 0. The van der Waals surface area contributed by atoms with E-state index in [-0.39, 0.29) is 17.9 Å². The van der Waals surface area contributed by atoms with Gasteiger partial charge < -0.3 is 14.4 Å². The summed E-state index contributed by atoms with van der Waals surface area (Å²) in [7, 11) is 2.83. The number of carbonyl (C=O) groups is 2. The van der Waals surface area contributed by atoms with Crippen molar-refractivity contribution in [3.05, 3.63) is 0 Å². The van der Waals surface area contributed by atoms with Crippen LogP contribution in [0.3, 0.4) is 0 Å². The predicted molar refractivity (Wildman–Crippen MR) is 70.7 cm³/mol. The lowest BCUT2D eigenvalue weighted by Gasteiger charge is -2.35. The molecule has 6 heteroatoms. The molecule has 1 aliphatic rings. The van der Waals surface area contributed by atoms with Crippen molar-refractivity contribution in [3.8, 4) is 0 Å². The highest BCUT2D eigenvalue weighted by Crippen LogP contribution is 2.07. The average Bonchev–Trinajstić information content (AvgIpc) is 2.45. The van der Waals surface area contributed by atoms with E-state index < -0.39 is 0 Å². The van der Waals surface area contributed by atoms with E-state index in [1.165, 1.54) is 14.2 Å². The van der Waals surface area contributed by atoms with E-state index in [1.807, 2.05) is 6.92 Å². The summed E-state index contributed by atoms with van der Waals surface area (Å²) < 4.78 is 9.35. The first-order valence-electron chi connectivity index (χ1n) is 6.66. The number of piperazine rings is 1. The number of esters is 2. The van der Waals surface area contributed by atoms with Gasteiger partial charge in [-0.15, -0.1) is 0 Å². The lowest BCUT2D eigenvalue weighted by atomic mass is 10.1. The van der Waals surface area contributed by atoms with Crippen LogP contribution in [0.15, 0.2) is 0 Å². The maximum absolute atomic E-state index is 11.3. The minimum Gasteiger partial charge on any atom is -0.469 e. The van der Waals surface area contributed by atoms with E-state index in [2.05, 4.69) is 14.5 Å². The number of rotatable bonds is 6. The zero-order chi connectivity index (χ0) is 14.3. The van der Waals surface area contributed by atoms with E-state index in [4.69, 9.17) is 4.74 Å². The first-order chi connectivity index (χ1) is 9.06. The van der Waals surface area contributed by atoms with Gasteiger partial charge in [-0.3, -0.25) is 14.5 Å². The highest BCUT2D eigenvalue weighted by molar-refractivity contribution is 5.72. The molecule has 0 aromatic rings. The fraction of sp³-hybridized carbons (Fsp3) is 0.846. The lowest BCUT2D eigenvalue weighted by molar-refractivity contribution is -0.146. The summed E-state index contributed by atoms with van der Waals surface area (Å²) in [5.41, 5.74) is 0. The van der Waals surface area contributed by atoms with Crippen molar-refractivity contribution in [3.63, 3.8) is 0 Å². The summed E-state index contributed by atoms with van der Waals surface area (Å²) in [6, 6.07) is 0. The molecule has 0 radical (unpaired) electrons. The van der Waals surface area contributed by atoms with Crippen molar-refractivity contribution in [2.24, 2.45) is 5.92 Å². The Kier molecular flexibility index (Phi) is 6.80. The third-order valence-corrected chi connectivity index (χ3v) is 3.46. The van der Waals surface area contributed by atoms with Crippen LogP contribution in [-0.4, -0.2) is 75.2 Å². The maximum atomic E-state index is 11.3. The molecule has 1 unspecified atom stereocenters. The third-order valence-electron chi connectivity index (χ3n) is 3.46. The van der Waals surface area contributed by atoms with Gasteiger partial charge in [-0.25, -0.2) is 0 Å². The molecule has 1 saturated heterocycles. The molecule has 1 fully saturated rings. The smallest absolute Gasteiger partial charge is 0.309 e. The fourth-order valence-electron chi connectivity index (χ4n) is 2.21. The van der Waals surface area contributed by atoms with Crippen LogP contribution in [0.25, 0.3) is 0 Å². The van der Waals surface area contributed by atoms with Crippen LogP contribution in [0, 0.1) is 5.92 Å². The summed E-state index contributed by atoms with van der Waals surface area (Å²) in [4.78, 5) is 26.9. The number of ether oxygens (including phenoxy) is 2. The molecule has 6 nitrogen and oxygen atoms in total. The van der Waals surface area contributed by atoms with Crippen LogP contribution in [-0.2, 0) is 19.1 Å². The highest BCUT2D eigenvalue weighted by Gasteiger charge is 2.22. The molecule has 0 spiro atoms. The fourth-order valence-corrected chi connectivity index (χ4v) is 2.21. The van der Waals surface area contributed by atoms with Crippen molar-refractivity contribution in [2.45, 2.75) is 13.3 Å². The molecule has 0 aromatic carbocycles. The Morgan fingerprint density at radius 3 is 2.16 bits per heavy atom. The van der Waals surface area contributed by atoms with Gasteiger partial charge in [0, 0.05) is 39.3 Å². The number of hydrogen-bond acceptors (Lipinski definition) is 6. The quantitative estimate of drug-likeness (QED) is 0.633. The van der Waals surface area contributed by atoms with Gasteiger partial charge in [0.2, 0.25) is 0 Å². The second-order valence-corrected chi connectivity index (χ2v) is 4.89. The van der Waals surface area contributed by atoms with E-state index in [0.717, 1.165) is 39.3 Å². The molecule has 0 saturated carbocycles. The van der Waals surface area contributed by atoms with E-state index in [0.29, 0.717) is 6.42 Å².